The molecule has 2 aliphatic rings. The van der Waals surface area contributed by atoms with Crippen molar-refractivity contribution in [1.82, 2.24) is 34.6 Å². The zero-order chi connectivity index (χ0) is 20.8. The Labute approximate surface area is 177 Å². The number of aliphatic imine (C=N–C) groups is 1. The van der Waals surface area contributed by atoms with Gasteiger partial charge in [0, 0.05) is 65.0 Å². The van der Waals surface area contributed by atoms with Crippen molar-refractivity contribution in [3.63, 3.8) is 0 Å². The lowest BCUT2D eigenvalue weighted by Gasteiger charge is -2.36. The second-order valence-corrected chi connectivity index (χ2v) is 7.88. The van der Waals surface area contributed by atoms with E-state index in [0.717, 1.165) is 82.5 Å². The van der Waals surface area contributed by atoms with Gasteiger partial charge < -0.3 is 15.1 Å². The Balaban J connectivity index is 1.29. The molecule has 2 aromatic rings. The number of hydrogen-bond acceptors (Lipinski definition) is 5. The molecule has 0 aliphatic carbocycles. The minimum Gasteiger partial charge on any atom is -0.357 e. The Hall–Kier alpha value is -2.68. The van der Waals surface area contributed by atoms with Crippen molar-refractivity contribution in [2.24, 2.45) is 4.99 Å². The van der Waals surface area contributed by atoms with Gasteiger partial charge >= 0.3 is 0 Å². The van der Waals surface area contributed by atoms with Crippen LogP contribution < -0.4 is 5.32 Å². The van der Waals surface area contributed by atoms with E-state index in [9.17, 15) is 4.79 Å². The highest BCUT2D eigenvalue weighted by Crippen LogP contribution is 2.10. The molecule has 1 N–H and O–H groups in total. The van der Waals surface area contributed by atoms with Crippen LogP contribution in [0.1, 0.15) is 25.6 Å². The average Bonchev–Trinajstić information content (AvgIpc) is 3.44. The van der Waals surface area contributed by atoms with Crippen LogP contribution in [0, 0.1) is 0 Å². The van der Waals surface area contributed by atoms with Crippen LogP contribution >= 0.6 is 0 Å². The number of pyridine rings is 1. The van der Waals surface area contributed by atoms with E-state index in [1.54, 1.807) is 0 Å². The topological polar surface area (TPSA) is 81.4 Å². The first kappa shape index (κ1) is 20.6. The lowest BCUT2D eigenvalue weighted by atomic mass is 10.3. The summed E-state index contributed by atoms with van der Waals surface area (Å²) in [5, 5.41) is 11.9. The molecular weight excluding hydrogens is 380 g/mol. The molecule has 4 heterocycles. The van der Waals surface area contributed by atoms with Crippen LogP contribution in [0.4, 0.5) is 0 Å². The molecule has 1 amide bonds. The Kier molecular flexibility index (Phi) is 6.78. The molecule has 0 aromatic carbocycles. The number of nitrogens with one attached hydrogen (secondary N) is 1. The molecule has 0 unspecified atom stereocenters. The molecule has 4 rings (SSSR count). The van der Waals surface area contributed by atoms with Crippen molar-refractivity contribution in [2.75, 3.05) is 58.9 Å². The van der Waals surface area contributed by atoms with Gasteiger partial charge in [-0.15, -0.1) is 10.2 Å². The maximum Gasteiger partial charge on any atom is 0.236 e. The molecule has 162 valence electrons. The zero-order valence-corrected chi connectivity index (χ0v) is 17.8. The van der Waals surface area contributed by atoms with Crippen molar-refractivity contribution in [2.45, 2.75) is 26.2 Å². The van der Waals surface area contributed by atoms with Crippen LogP contribution in [0.15, 0.2) is 29.4 Å². The summed E-state index contributed by atoms with van der Waals surface area (Å²) in [4.78, 5) is 23.8. The maximum atomic E-state index is 12.4. The summed E-state index contributed by atoms with van der Waals surface area (Å²) < 4.78 is 2.01. The second-order valence-electron chi connectivity index (χ2n) is 7.88. The van der Waals surface area contributed by atoms with E-state index in [0.29, 0.717) is 13.1 Å². The molecule has 0 saturated carbocycles. The normalized spacial score (nSPS) is 18.4. The highest BCUT2D eigenvalue weighted by Gasteiger charge is 2.24. The molecule has 0 radical (unpaired) electrons. The van der Waals surface area contributed by atoms with Gasteiger partial charge in [-0.05, 0) is 31.9 Å². The lowest BCUT2D eigenvalue weighted by molar-refractivity contribution is -0.131. The van der Waals surface area contributed by atoms with Crippen LogP contribution in [-0.4, -0.2) is 100 Å². The van der Waals surface area contributed by atoms with Crippen LogP contribution in [-0.2, 0) is 11.2 Å². The van der Waals surface area contributed by atoms with Gasteiger partial charge in [-0.1, -0.05) is 6.07 Å². The number of hydrogen-bond donors (Lipinski definition) is 1. The third-order valence-corrected chi connectivity index (χ3v) is 5.81. The van der Waals surface area contributed by atoms with Crippen LogP contribution in [0.5, 0.6) is 0 Å². The lowest BCUT2D eigenvalue weighted by Crippen LogP contribution is -2.54. The summed E-state index contributed by atoms with van der Waals surface area (Å²) in [5.41, 5.74) is 0.864. The summed E-state index contributed by atoms with van der Waals surface area (Å²) in [5.74, 6) is 2.15. The van der Waals surface area contributed by atoms with Crippen molar-refractivity contribution in [3.8, 4) is 0 Å². The Morgan fingerprint density at radius 2 is 1.87 bits per heavy atom. The van der Waals surface area contributed by atoms with Crippen LogP contribution in [0.25, 0.3) is 5.65 Å². The summed E-state index contributed by atoms with van der Waals surface area (Å²) in [7, 11) is 0. The number of carbonyl (C=O) groups excluding carboxylic acids is 1. The number of likely N-dealkylation sites (tertiary alicyclic amines) is 1. The van der Waals surface area contributed by atoms with Gasteiger partial charge in [0.15, 0.2) is 11.6 Å². The van der Waals surface area contributed by atoms with E-state index in [-0.39, 0.29) is 5.91 Å². The molecular formula is C21H32N8O. The van der Waals surface area contributed by atoms with Gasteiger partial charge in [0.05, 0.1) is 6.54 Å². The summed E-state index contributed by atoms with van der Waals surface area (Å²) in [6, 6.07) is 5.91. The number of guanidine groups is 1. The van der Waals surface area contributed by atoms with Gasteiger partial charge in [0.25, 0.3) is 0 Å². The minimum atomic E-state index is 0.280. The van der Waals surface area contributed by atoms with Gasteiger partial charge in [0.1, 0.15) is 5.82 Å². The summed E-state index contributed by atoms with van der Waals surface area (Å²) >= 11 is 0. The highest BCUT2D eigenvalue weighted by molar-refractivity contribution is 5.80. The molecule has 0 bridgehead atoms. The smallest absolute Gasteiger partial charge is 0.236 e. The first-order chi connectivity index (χ1) is 14.7. The van der Waals surface area contributed by atoms with Gasteiger partial charge in [0.2, 0.25) is 5.91 Å². The predicted octanol–water partition coefficient (Wildman–Crippen LogP) is 0.477. The van der Waals surface area contributed by atoms with E-state index in [2.05, 4.69) is 32.2 Å². The van der Waals surface area contributed by atoms with Crippen LogP contribution in [0.2, 0.25) is 0 Å². The molecule has 9 heteroatoms. The molecule has 30 heavy (non-hydrogen) atoms. The fourth-order valence-corrected chi connectivity index (χ4v) is 4.12. The van der Waals surface area contributed by atoms with E-state index >= 15 is 0 Å². The largest absolute Gasteiger partial charge is 0.357 e. The van der Waals surface area contributed by atoms with E-state index in [1.807, 2.05) is 33.7 Å². The van der Waals surface area contributed by atoms with Crippen LogP contribution in [0.3, 0.4) is 0 Å². The molecule has 2 aliphatic heterocycles. The first-order valence-electron chi connectivity index (χ1n) is 11.1. The number of fused-ring (bicyclic) bond motifs is 1. The highest BCUT2D eigenvalue weighted by atomic mass is 16.2. The first-order valence-corrected chi connectivity index (χ1v) is 11.1. The van der Waals surface area contributed by atoms with Gasteiger partial charge in [-0.2, -0.15) is 0 Å². The monoisotopic (exact) mass is 412 g/mol. The fourth-order valence-electron chi connectivity index (χ4n) is 4.12. The molecule has 9 nitrogen and oxygen atoms in total. The van der Waals surface area contributed by atoms with Crippen molar-refractivity contribution < 1.29 is 4.79 Å². The number of nitrogens with zero attached hydrogens (tertiary/aromatic N) is 7. The molecule has 0 atom stereocenters. The van der Waals surface area contributed by atoms with E-state index < -0.39 is 0 Å². The second kappa shape index (κ2) is 9.88. The summed E-state index contributed by atoms with van der Waals surface area (Å²) in [6.45, 7) is 9.52. The Morgan fingerprint density at radius 3 is 2.63 bits per heavy atom. The fraction of sp³-hybridized carbons (Fsp3) is 0.619. The van der Waals surface area contributed by atoms with Crippen molar-refractivity contribution in [1.29, 1.82) is 0 Å². The van der Waals surface area contributed by atoms with E-state index in [4.69, 9.17) is 4.99 Å². The Morgan fingerprint density at radius 1 is 1.07 bits per heavy atom. The molecule has 2 saturated heterocycles. The van der Waals surface area contributed by atoms with E-state index in [1.165, 1.54) is 0 Å². The number of piperazine rings is 1. The minimum absolute atomic E-state index is 0.280. The van der Waals surface area contributed by atoms with Crippen molar-refractivity contribution in [3.05, 3.63) is 30.2 Å². The number of carbonyl (C=O) groups is 1. The molecule has 0 spiro atoms. The SMILES string of the molecule is CCNC(=NCCc1nnc2ccccn12)N1CCN(CC(=O)N2CCCC2)CC1. The van der Waals surface area contributed by atoms with Crippen molar-refractivity contribution >= 4 is 17.5 Å². The molecule has 2 aromatic heterocycles. The maximum absolute atomic E-state index is 12.4. The predicted molar refractivity (Wildman–Crippen MR) is 116 cm³/mol. The third-order valence-electron chi connectivity index (χ3n) is 5.81. The summed E-state index contributed by atoms with van der Waals surface area (Å²) in [6.07, 6.45) is 5.02. The van der Waals surface area contributed by atoms with Gasteiger partial charge in [-0.3, -0.25) is 19.1 Å². The third kappa shape index (κ3) is 4.89. The number of amides is 1. The number of aromatic nitrogens is 3. The zero-order valence-electron chi connectivity index (χ0n) is 17.8. The average molecular weight is 413 g/mol. The Bertz CT molecular complexity index is 865. The van der Waals surface area contributed by atoms with Gasteiger partial charge in [-0.25, -0.2) is 0 Å². The molecule has 2 fully saturated rings. The quantitative estimate of drug-likeness (QED) is 0.549. The number of rotatable bonds is 6. The standard InChI is InChI=1S/C21H32N8O/c1-2-22-21(23-9-8-19-25-24-18-7-3-4-12-29(18)19)28-15-13-26(14-16-28)17-20(30)27-10-5-6-11-27/h3-4,7,12H,2,5-6,8-11,13-17H2,1H3,(H,22,23).